The van der Waals surface area contributed by atoms with Crippen LogP contribution in [0.5, 0.6) is 0 Å². The summed E-state index contributed by atoms with van der Waals surface area (Å²) in [6.07, 6.45) is 3.47. The van der Waals surface area contributed by atoms with Gasteiger partial charge in [0.05, 0.1) is 23.1 Å². The monoisotopic (exact) mass is 619 g/mol. The van der Waals surface area contributed by atoms with Crippen molar-refractivity contribution in [2.45, 2.75) is 42.9 Å². The molecule has 1 aromatic carbocycles. The number of amides is 1. The molecule has 2 aliphatic rings. The van der Waals surface area contributed by atoms with Crippen LogP contribution in [0.25, 0.3) is 0 Å². The number of hydrogen-bond acceptors (Lipinski definition) is 6. The number of carbonyl (C=O) groups excluding carboxylic acids is 1. The molecule has 43 heavy (non-hydrogen) atoms. The average molecular weight is 620 g/mol. The van der Waals surface area contributed by atoms with Crippen molar-refractivity contribution in [3.05, 3.63) is 78.4 Å². The van der Waals surface area contributed by atoms with Crippen LogP contribution < -0.4 is 4.90 Å². The van der Waals surface area contributed by atoms with Crippen molar-refractivity contribution in [3.8, 4) is 0 Å². The largest absolute Gasteiger partial charge is 0.417 e. The first-order valence-corrected chi connectivity index (χ1v) is 15.8. The van der Waals surface area contributed by atoms with E-state index in [9.17, 15) is 26.4 Å². The average Bonchev–Trinajstić information content (AvgIpc) is 3.49. The first-order chi connectivity index (χ1) is 20.6. The Morgan fingerprint density at radius 1 is 1.02 bits per heavy atom. The zero-order valence-electron chi connectivity index (χ0n) is 24.0. The summed E-state index contributed by atoms with van der Waals surface area (Å²) in [5.41, 5.74) is 0.549. The van der Waals surface area contributed by atoms with E-state index in [1.807, 2.05) is 16.7 Å². The maximum Gasteiger partial charge on any atom is 0.417 e. The molecular weight excluding hydrogens is 583 g/mol. The molecule has 1 amide bonds. The molecule has 3 aromatic rings. The maximum atomic E-state index is 13.7. The van der Waals surface area contributed by atoms with Crippen molar-refractivity contribution in [1.82, 2.24) is 18.8 Å². The van der Waals surface area contributed by atoms with Gasteiger partial charge in [0.1, 0.15) is 6.61 Å². The van der Waals surface area contributed by atoms with E-state index in [2.05, 4.69) is 9.88 Å². The smallest absolute Gasteiger partial charge is 0.371 e. The summed E-state index contributed by atoms with van der Waals surface area (Å²) in [4.78, 5) is 20.1. The van der Waals surface area contributed by atoms with Crippen LogP contribution in [0.4, 0.5) is 18.9 Å². The van der Waals surface area contributed by atoms with Crippen molar-refractivity contribution < 1.29 is 31.1 Å². The fraction of sp³-hybridized carbons (Fsp3) is 0.467. The summed E-state index contributed by atoms with van der Waals surface area (Å²) in [6, 6.07) is 10.8. The number of alkyl halides is 3. The third-order valence-electron chi connectivity index (χ3n) is 8.34. The summed E-state index contributed by atoms with van der Waals surface area (Å²) in [6.45, 7) is 2.29. The van der Waals surface area contributed by atoms with E-state index in [0.717, 1.165) is 54.9 Å². The Balaban J connectivity index is 1.17. The summed E-state index contributed by atoms with van der Waals surface area (Å²) in [5, 5.41) is 0. The lowest BCUT2D eigenvalue weighted by atomic mass is 9.93. The second kappa shape index (κ2) is 13.1. The Morgan fingerprint density at radius 3 is 2.47 bits per heavy atom. The molecule has 4 heterocycles. The maximum absolute atomic E-state index is 13.7. The first kappa shape index (κ1) is 31.0. The van der Waals surface area contributed by atoms with Gasteiger partial charge >= 0.3 is 6.18 Å². The molecule has 0 N–H and O–H groups in total. The van der Waals surface area contributed by atoms with Gasteiger partial charge in [-0.1, -0.05) is 12.1 Å². The van der Waals surface area contributed by atoms with Crippen LogP contribution in [-0.2, 0) is 32.3 Å². The van der Waals surface area contributed by atoms with Gasteiger partial charge < -0.3 is 19.1 Å². The lowest BCUT2D eigenvalue weighted by Crippen LogP contribution is -2.44. The quantitative estimate of drug-likeness (QED) is 0.334. The van der Waals surface area contributed by atoms with Gasteiger partial charge in [0, 0.05) is 69.7 Å². The Bertz CT molecular complexity index is 1490. The van der Waals surface area contributed by atoms with Crippen LogP contribution in [0.2, 0.25) is 0 Å². The minimum atomic E-state index is -4.83. The molecule has 2 aromatic heterocycles. The van der Waals surface area contributed by atoms with Crippen LogP contribution in [0.1, 0.15) is 36.6 Å². The first-order valence-electron chi connectivity index (χ1n) is 14.4. The fourth-order valence-electron chi connectivity index (χ4n) is 5.86. The molecule has 0 spiro atoms. The lowest BCUT2D eigenvalue weighted by Gasteiger charge is -2.36. The van der Waals surface area contributed by atoms with E-state index in [4.69, 9.17) is 4.74 Å². The van der Waals surface area contributed by atoms with Crippen molar-refractivity contribution >= 4 is 21.6 Å². The number of anilines is 1. The molecule has 5 rings (SSSR count). The molecule has 2 aliphatic heterocycles. The van der Waals surface area contributed by atoms with Crippen molar-refractivity contribution in [3.63, 3.8) is 0 Å². The highest BCUT2D eigenvalue weighted by atomic mass is 32.2. The van der Waals surface area contributed by atoms with Gasteiger partial charge in [-0.05, 0) is 61.6 Å². The molecule has 0 aliphatic carbocycles. The minimum Gasteiger partial charge on any atom is -0.371 e. The molecule has 0 radical (unpaired) electrons. The summed E-state index contributed by atoms with van der Waals surface area (Å²) >= 11 is 0. The van der Waals surface area contributed by atoms with E-state index in [-0.39, 0.29) is 32.2 Å². The number of nitrogens with zero attached hydrogens (tertiary/aromatic N) is 5. The molecule has 1 atom stereocenters. The highest BCUT2D eigenvalue weighted by molar-refractivity contribution is 7.89. The lowest BCUT2D eigenvalue weighted by molar-refractivity contribution is -0.140. The topological polar surface area (TPSA) is 88.0 Å². The minimum absolute atomic E-state index is 0.0297. The number of hydrogen-bond donors (Lipinski definition) is 0. The van der Waals surface area contributed by atoms with Gasteiger partial charge in [0.25, 0.3) is 0 Å². The van der Waals surface area contributed by atoms with Gasteiger partial charge in [-0.2, -0.15) is 17.5 Å². The molecule has 13 heteroatoms. The third-order valence-corrected chi connectivity index (χ3v) is 10.3. The van der Waals surface area contributed by atoms with Gasteiger partial charge in [-0.15, -0.1) is 0 Å². The second-order valence-electron chi connectivity index (χ2n) is 11.0. The molecule has 1 fully saturated rings. The Hall–Kier alpha value is -3.42. The number of fused-ring (bicyclic) bond motifs is 1. The number of rotatable bonds is 10. The SMILES string of the molecule is CN(CCC1CCN(c2ccncc2)CC1)C(=O)COCC1c2cccn2CCN1S(=O)(=O)c1ccccc1C(F)(F)F. The Kier molecular flexibility index (Phi) is 9.42. The normalized spacial score (nSPS) is 18.4. The van der Waals surface area contributed by atoms with Gasteiger partial charge in [-0.3, -0.25) is 9.78 Å². The number of piperidine rings is 1. The summed E-state index contributed by atoms with van der Waals surface area (Å²) < 4.78 is 77.0. The molecule has 0 saturated carbocycles. The van der Waals surface area contributed by atoms with E-state index in [0.29, 0.717) is 18.2 Å². The van der Waals surface area contributed by atoms with Crippen LogP contribution in [0.15, 0.2) is 72.0 Å². The van der Waals surface area contributed by atoms with Crippen molar-refractivity contribution in [2.75, 3.05) is 51.3 Å². The summed E-state index contributed by atoms with van der Waals surface area (Å²) in [5.74, 6) is 0.264. The summed E-state index contributed by atoms with van der Waals surface area (Å²) in [7, 11) is -2.82. The number of benzene rings is 1. The van der Waals surface area contributed by atoms with Crippen LogP contribution in [0.3, 0.4) is 0 Å². The molecule has 1 unspecified atom stereocenters. The second-order valence-corrected chi connectivity index (χ2v) is 12.9. The number of ether oxygens (including phenoxy) is 1. The van der Waals surface area contributed by atoms with E-state index < -0.39 is 32.7 Å². The standard InChI is InChI=1S/C30H36F3N5O4S/c1-35(16-10-23-11-17-36(18-12-23)24-8-13-34-14-9-24)29(39)22-42-21-27-26-6-4-15-37(26)19-20-38(27)43(40,41)28-7-3-2-5-25(28)30(31,32)33/h2-9,13-15,23,27H,10-12,16-22H2,1H3. The van der Waals surface area contributed by atoms with E-state index >= 15 is 0 Å². The third kappa shape index (κ3) is 7.05. The van der Waals surface area contributed by atoms with Crippen molar-refractivity contribution in [1.29, 1.82) is 0 Å². The highest BCUT2D eigenvalue weighted by Gasteiger charge is 2.42. The molecule has 1 saturated heterocycles. The fourth-order valence-corrected chi connectivity index (χ4v) is 7.65. The van der Waals surface area contributed by atoms with Crippen LogP contribution >= 0.6 is 0 Å². The van der Waals surface area contributed by atoms with Gasteiger partial charge in [0.2, 0.25) is 15.9 Å². The van der Waals surface area contributed by atoms with Crippen LogP contribution in [-0.4, -0.2) is 79.5 Å². The zero-order chi connectivity index (χ0) is 30.6. The highest BCUT2D eigenvalue weighted by Crippen LogP contribution is 2.38. The Labute approximate surface area is 249 Å². The number of sulfonamides is 1. The van der Waals surface area contributed by atoms with E-state index in [1.54, 1.807) is 42.7 Å². The molecule has 232 valence electrons. The molecule has 0 bridgehead atoms. The molecular formula is C30H36F3N5O4S. The molecule has 9 nitrogen and oxygen atoms in total. The van der Waals surface area contributed by atoms with Gasteiger partial charge in [-0.25, -0.2) is 8.42 Å². The zero-order valence-corrected chi connectivity index (χ0v) is 24.8. The number of aromatic nitrogens is 2. The van der Waals surface area contributed by atoms with Gasteiger partial charge in [0.15, 0.2) is 0 Å². The number of halogens is 3. The van der Waals surface area contributed by atoms with E-state index in [1.165, 1.54) is 11.8 Å². The Morgan fingerprint density at radius 2 is 1.74 bits per heavy atom. The number of carbonyl (C=O) groups is 1. The predicted octanol–water partition coefficient (Wildman–Crippen LogP) is 4.43. The van der Waals surface area contributed by atoms with Crippen molar-refractivity contribution in [2.24, 2.45) is 5.92 Å². The van der Waals surface area contributed by atoms with Crippen LogP contribution in [0, 0.1) is 5.92 Å². The number of pyridine rings is 1. The predicted molar refractivity (Wildman–Crippen MR) is 155 cm³/mol. The number of likely N-dealkylation sites (N-methyl/N-ethyl adjacent to an activating group) is 1.